The van der Waals surface area contributed by atoms with Gasteiger partial charge in [0.05, 0.1) is 11.4 Å². The molecule has 1 atom stereocenters. The van der Waals surface area contributed by atoms with Crippen LogP contribution in [0.1, 0.15) is 55.8 Å². The summed E-state index contributed by atoms with van der Waals surface area (Å²) in [7, 11) is 0. The monoisotopic (exact) mass is 281 g/mol. The molecule has 0 fully saturated rings. The summed E-state index contributed by atoms with van der Waals surface area (Å²) in [6.07, 6.45) is 3.90. The highest BCUT2D eigenvalue weighted by molar-refractivity contribution is 7.11. The van der Waals surface area contributed by atoms with Crippen LogP contribution in [0.25, 0.3) is 0 Å². The maximum Gasteiger partial charge on any atom is 0.306 e. The van der Waals surface area contributed by atoms with Crippen LogP contribution in [0, 0.1) is 5.92 Å². The predicted octanol–water partition coefficient (Wildman–Crippen LogP) is 4.13. The SMILES string of the molecule is C=CCOC(=O)CC(c1ncc(C(C)C)s1)C(C)C. The van der Waals surface area contributed by atoms with Gasteiger partial charge >= 0.3 is 5.97 Å². The molecule has 0 aliphatic heterocycles. The lowest BCUT2D eigenvalue weighted by Gasteiger charge is -2.17. The Morgan fingerprint density at radius 1 is 1.47 bits per heavy atom. The van der Waals surface area contributed by atoms with Crippen molar-refractivity contribution in [2.45, 2.75) is 46.0 Å². The smallest absolute Gasteiger partial charge is 0.306 e. The topological polar surface area (TPSA) is 39.2 Å². The van der Waals surface area contributed by atoms with Gasteiger partial charge in [-0.2, -0.15) is 0 Å². The van der Waals surface area contributed by atoms with Crippen LogP contribution in [0.3, 0.4) is 0 Å². The van der Waals surface area contributed by atoms with Crippen molar-refractivity contribution in [3.8, 4) is 0 Å². The van der Waals surface area contributed by atoms with Gasteiger partial charge in [0.2, 0.25) is 0 Å². The second-order valence-electron chi connectivity index (χ2n) is 5.28. The molecule has 0 saturated heterocycles. The Balaban J connectivity index is 2.76. The number of carbonyl (C=O) groups is 1. The van der Waals surface area contributed by atoms with Gasteiger partial charge in [0.1, 0.15) is 6.61 Å². The van der Waals surface area contributed by atoms with Crippen LogP contribution in [0.5, 0.6) is 0 Å². The van der Waals surface area contributed by atoms with E-state index in [0.717, 1.165) is 5.01 Å². The standard InChI is InChI=1S/C15H23NO2S/c1-6-7-18-14(17)8-12(10(2)3)15-16-9-13(19-15)11(4)5/h6,9-12H,1,7-8H2,2-5H3. The minimum absolute atomic E-state index is 0.134. The van der Waals surface area contributed by atoms with Gasteiger partial charge < -0.3 is 4.74 Å². The first-order chi connectivity index (χ1) is 8.95. The third-order valence-electron chi connectivity index (χ3n) is 2.98. The fourth-order valence-electron chi connectivity index (χ4n) is 1.74. The van der Waals surface area contributed by atoms with E-state index in [-0.39, 0.29) is 18.5 Å². The number of thiazole rings is 1. The maximum atomic E-state index is 11.7. The molecule has 3 nitrogen and oxygen atoms in total. The second-order valence-corrected chi connectivity index (χ2v) is 6.38. The first-order valence-electron chi connectivity index (χ1n) is 6.67. The second kappa shape index (κ2) is 7.43. The normalized spacial score (nSPS) is 12.7. The minimum atomic E-state index is -0.181. The summed E-state index contributed by atoms with van der Waals surface area (Å²) in [5, 5.41) is 1.04. The van der Waals surface area contributed by atoms with Gasteiger partial charge in [-0.15, -0.1) is 11.3 Å². The van der Waals surface area contributed by atoms with Gasteiger partial charge in [-0.3, -0.25) is 4.79 Å². The molecule has 0 bridgehead atoms. The summed E-state index contributed by atoms with van der Waals surface area (Å²) < 4.78 is 5.07. The number of ether oxygens (including phenoxy) is 1. The molecule has 0 aliphatic rings. The van der Waals surface area contributed by atoms with Gasteiger partial charge in [-0.1, -0.05) is 40.3 Å². The first kappa shape index (κ1) is 15.9. The number of esters is 1. The zero-order chi connectivity index (χ0) is 14.4. The van der Waals surface area contributed by atoms with Crippen LogP contribution in [0.15, 0.2) is 18.9 Å². The van der Waals surface area contributed by atoms with Gasteiger partial charge in [-0.05, 0) is 11.8 Å². The van der Waals surface area contributed by atoms with Crippen molar-refractivity contribution in [1.82, 2.24) is 4.98 Å². The molecule has 0 radical (unpaired) electrons. The molecule has 106 valence electrons. The molecule has 4 heteroatoms. The lowest BCUT2D eigenvalue weighted by molar-refractivity contribution is -0.143. The van der Waals surface area contributed by atoms with Crippen LogP contribution >= 0.6 is 11.3 Å². The van der Waals surface area contributed by atoms with Gasteiger partial charge in [0.25, 0.3) is 0 Å². The van der Waals surface area contributed by atoms with Crippen LogP contribution < -0.4 is 0 Å². The molecule has 0 aromatic carbocycles. The Morgan fingerprint density at radius 3 is 2.63 bits per heavy atom. The van der Waals surface area contributed by atoms with Gasteiger partial charge in [0.15, 0.2) is 0 Å². The molecule has 19 heavy (non-hydrogen) atoms. The summed E-state index contributed by atoms with van der Waals surface area (Å²) >= 11 is 1.70. The molecule has 0 aliphatic carbocycles. The molecule has 0 N–H and O–H groups in total. The molecule has 1 rings (SSSR count). The van der Waals surface area contributed by atoms with Crippen molar-refractivity contribution in [3.63, 3.8) is 0 Å². The molecule has 0 spiro atoms. The molecule has 1 aromatic rings. The zero-order valence-corrected chi connectivity index (χ0v) is 13.0. The highest BCUT2D eigenvalue weighted by Crippen LogP contribution is 2.33. The highest BCUT2D eigenvalue weighted by Gasteiger charge is 2.23. The lowest BCUT2D eigenvalue weighted by atomic mass is 9.93. The summed E-state index contributed by atoms with van der Waals surface area (Å²) in [6.45, 7) is 12.3. The average molecular weight is 281 g/mol. The molecule has 1 unspecified atom stereocenters. The molecular weight excluding hydrogens is 258 g/mol. The fourth-order valence-corrected chi connectivity index (χ4v) is 2.93. The van der Waals surface area contributed by atoms with Crippen LogP contribution in [-0.4, -0.2) is 17.6 Å². The Labute approximate surface area is 119 Å². The number of rotatable bonds is 7. The fraction of sp³-hybridized carbons (Fsp3) is 0.600. The molecule has 1 heterocycles. The molecular formula is C15H23NO2S. The van der Waals surface area contributed by atoms with E-state index >= 15 is 0 Å². The van der Waals surface area contributed by atoms with E-state index in [1.165, 1.54) is 4.88 Å². The van der Waals surface area contributed by atoms with Crippen molar-refractivity contribution < 1.29 is 9.53 Å². The average Bonchev–Trinajstić information content (AvgIpc) is 2.82. The Hall–Kier alpha value is -1.16. The quantitative estimate of drug-likeness (QED) is 0.557. The number of carbonyl (C=O) groups excluding carboxylic acids is 1. The molecule has 1 aromatic heterocycles. The van der Waals surface area contributed by atoms with Crippen LogP contribution in [0.2, 0.25) is 0 Å². The number of aromatic nitrogens is 1. The molecule has 0 saturated carbocycles. The van der Waals surface area contributed by atoms with E-state index in [1.54, 1.807) is 17.4 Å². The van der Waals surface area contributed by atoms with E-state index < -0.39 is 0 Å². The van der Waals surface area contributed by atoms with Crippen molar-refractivity contribution in [2.75, 3.05) is 6.61 Å². The van der Waals surface area contributed by atoms with Crippen molar-refractivity contribution in [1.29, 1.82) is 0 Å². The number of nitrogens with zero attached hydrogens (tertiary/aromatic N) is 1. The highest BCUT2D eigenvalue weighted by atomic mass is 32.1. The number of hydrogen-bond donors (Lipinski definition) is 0. The van der Waals surface area contributed by atoms with E-state index in [4.69, 9.17) is 4.74 Å². The van der Waals surface area contributed by atoms with Gasteiger partial charge in [0, 0.05) is 17.0 Å². The van der Waals surface area contributed by atoms with Gasteiger partial charge in [-0.25, -0.2) is 4.98 Å². The zero-order valence-electron chi connectivity index (χ0n) is 12.2. The van der Waals surface area contributed by atoms with E-state index in [9.17, 15) is 4.79 Å². The van der Waals surface area contributed by atoms with E-state index in [0.29, 0.717) is 18.3 Å². The van der Waals surface area contributed by atoms with Crippen molar-refractivity contribution in [3.05, 3.63) is 28.7 Å². The van der Waals surface area contributed by atoms with Crippen molar-refractivity contribution >= 4 is 17.3 Å². The van der Waals surface area contributed by atoms with Crippen molar-refractivity contribution in [2.24, 2.45) is 5.92 Å². The Morgan fingerprint density at radius 2 is 2.16 bits per heavy atom. The maximum absolute atomic E-state index is 11.7. The summed E-state index contributed by atoms with van der Waals surface area (Å²) in [5.41, 5.74) is 0. The van der Waals surface area contributed by atoms with Crippen LogP contribution in [0.4, 0.5) is 0 Å². The van der Waals surface area contributed by atoms with Crippen LogP contribution in [-0.2, 0) is 9.53 Å². The molecule has 0 amide bonds. The minimum Gasteiger partial charge on any atom is -0.461 e. The summed E-state index contributed by atoms with van der Waals surface area (Å²) in [5.74, 6) is 0.795. The predicted molar refractivity (Wildman–Crippen MR) is 79.6 cm³/mol. The Bertz CT molecular complexity index is 424. The summed E-state index contributed by atoms with van der Waals surface area (Å²) in [4.78, 5) is 17.5. The number of hydrogen-bond acceptors (Lipinski definition) is 4. The third kappa shape index (κ3) is 4.78. The Kier molecular flexibility index (Phi) is 6.22. The third-order valence-corrected chi connectivity index (χ3v) is 4.41. The lowest BCUT2D eigenvalue weighted by Crippen LogP contribution is -2.14. The van der Waals surface area contributed by atoms with E-state index in [2.05, 4.69) is 39.3 Å². The largest absolute Gasteiger partial charge is 0.461 e. The summed E-state index contributed by atoms with van der Waals surface area (Å²) in [6, 6.07) is 0. The first-order valence-corrected chi connectivity index (χ1v) is 7.49. The van der Waals surface area contributed by atoms with E-state index in [1.807, 2.05) is 6.20 Å².